The molecule has 55 heavy (non-hydrogen) atoms. The average Bonchev–Trinajstić information content (AvgIpc) is 3.21. The van der Waals surface area contributed by atoms with E-state index in [1.54, 1.807) is 24.3 Å². The maximum Gasteiger partial charge on any atom is 0.412 e. The minimum absolute atomic E-state index is 0.0591. The lowest BCUT2D eigenvalue weighted by Gasteiger charge is -2.49. The number of ether oxygens (including phenoxy) is 1. The van der Waals surface area contributed by atoms with Crippen LogP contribution in [-0.2, 0) is 6.61 Å². The number of aromatic nitrogens is 1. The molecular weight excluding hydrogens is 699 g/mol. The maximum atomic E-state index is 12.9. The number of carbonyl (C=O) groups excluding carboxylic acids is 1. The fourth-order valence-corrected chi connectivity index (χ4v) is 8.06. The first kappa shape index (κ1) is 37.6. The molecule has 6 N–H and O–H groups in total. The van der Waals surface area contributed by atoms with E-state index in [4.69, 9.17) is 4.74 Å². The summed E-state index contributed by atoms with van der Waals surface area (Å²) >= 11 is 0. The summed E-state index contributed by atoms with van der Waals surface area (Å²) in [6.45, 7) is 4.53. The van der Waals surface area contributed by atoms with Gasteiger partial charge in [-0.2, -0.15) is 0 Å². The number of rotatable bonds is 15. The number of amides is 2. The van der Waals surface area contributed by atoms with Gasteiger partial charge in [0.15, 0.2) is 0 Å². The van der Waals surface area contributed by atoms with Gasteiger partial charge in [0, 0.05) is 42.3 Å². The van der Waals surface area contributed by atoms with Gasteiger partial charge < -0.3 is 40.6 Å². The van der Waals surface area contributed by atoms with Crippen LogP contribution in [0.15, 0.2) is 108 Å². The van der Waals surface area contributed by atoms with Gasteiger partial charge in [0.25, 0.3) is 5.91 Å². The Hall–Kier alpha value is -5.69. The molecule has 4 aromatic carbocycles. The molecule has 3 atom stereocenters. The molecule has 3 saturated heterocycles. The zero-order valence-electron chi connectivity index (χ0n) is 30.6. The monoisotopic (exact) mass is 745 g/mol. The Kier molecular flexibility index (Phi) is 11.8. The van der Waals surface area contributed by atoms with Gasteiger partial charge in [0.2, 0.25) is 5.56 Å². The number of benzene rings is 4. The fourth-order valence-electron chi connectivity index (χ4n) is 8.06. The van der Waals surface area contributed by atoms with Gasteiger partial charge in [-0.3, -0.25) is 14.5 Å². The number of nitrogens with one attached hydrogen (secondary N) is 3. The number of aliphatic hydroxyl groups excluding tert-OH is 1. The van der Waals surface area contributed by atoms with Crippen LogP contribution in [0, 0.1) is 11.8 Å². The number of aliphatic hydroxyl groups is 1. The summed E-state index contributed by atoms with van der Waals surface area (Å²) in [7, 11) is 0. The third-order valence-corrected chi connectivity index (χ3v) is 10.9. The van der Waals surface area contributed by atoms with Gasteiger partial charge in [-0.1, -0.05) is 48.5 Å². The van der Waals surface area contributed by atoms with Crippen LogP contribution >= 0.6 is 0 Å². The predicted molar refractivity (Wildman–Crippen MR) is 211 cm³/mol. The number of aromatic amines is 1. The van der Waals surface area contributed by atoms with Crippen LogP contribution in [0.4, 0.5) is 10.5 Å². The number of piperidine rings is 3. The molecular formula is C43H47N5O7. The number of para-hydroxylation sites is 1. The Bertz CT molecular complexity index is 2150. The first-order valence-electron chi connectivity index (χ1n) is 18.9. The number of anilines is 1. The standard InChI is InChI=1S/C43H47N5O7/c49-37-16-14-34(35-15-17-39(51)46-40(35)37)38(50)25-44-20-5-21-45-42(52)30-12-10-28(11-13-30)27-55-33-9-4-6-31(24-33)41(36-26-47-22-18-29(36)19-23-47)48(43(53)54)32-7-2-1-3-8-32/h1-4,6-17,24,29,36,38,41,44,49-50H,5,18-23,25-27H2,(H,45,52)(H,46,51)(H,53,54)/t36?,38-,41-/m0/s1. The lowest BCUT2D eigenvalue weighted by Crippen LogP contribution is -2.53. The number of nitrogens with zero attached hydrogens (tertiary/aromatic N) is 2. The Morgan fingerprint density at radius 2 is 1.71 bits per heavy atom. The minimum Gasteiger partial charge on any atom is -0.506 e. The summed E-state index contributed by atoms with van der Waals surface area (Å²) in [5, 5.41) is 38.1. The van der Waals surface area contributed by atoms with E-state index in [2.05, 4.69) is 20.5 Å². The highest BCUT2D eigenvalue weighted by Gasteiger charge is 2.43. The molecule has 1 unspecified atom stereocenters. The number of hydrogen-bond acceptors (Lipinski definition) is 8. The van der Waals surface area contributed by atoms with Crippen molar-refractivity contribution in [1.82, 2.24) is 20.5 Å². The van der Waals surface area contributed by atoms with Crippen molar-refractivity contribution in [3.05, 3.63) is 136 Å². The summed E-state index contributed by atoms with van der Waals surface area (Å²) in [6.07, 6.45) is 0.954. The van der Waals surface area contributed by atoms with Crippen molar-refractivity contribution >= 4 is 28.6 Å². The molecule has 3 aliphatic rings. The number of H-pyrrole nitrogens is 1. The van der Waals surface area contributed by atoms with Gasteiger partial charge in [0.1, 0.15) is 18.1 Å². The predicted octanol–water partition coefficient (Wildman–Crippen LogP) is 5.82. The quantitative estimate of drug-likeness (QED) is 0.0724. The third kappa shape index (κ3) is 8.83. The van der Waals surface area contributed by atoms with Gasteiger partial charge >= 0.3 is 6.09 Å². The van der Waals surface area contributed by atoms with Gasteiger partial charge in [-0.25, -0.2) is 4.79 Å². The van der Waals surface area contributed by atoms with Crippen molar-refractivity contribution in [2.45, 2.75) is 38.0 Å². The van der Waals surface area contributed by atoms with E-state index in [0.29, 0.717) is 53.4 Å². The first-order chi connectivity index (χ1) is 26.7. The number of aromatic hydroxyl groups is 1. The summed E-state index contributed by atoms with van der Waals surface area (Å²) < 4.78 is 6.23. The zero-order chi connectivity index (χ0) is 38.3. The summed E-state index contributed by atoms with van der Waals surface area (Å²) in [5.74, 6) is 1.01. The molecule has 12 nitrogen and oxygen atoms in total. The highest BCUT2D eigenvalue weighted by Crippen LogP contribution is 2.44. The Morgan fingerprint density at radius 3 is 2.44 bits per heavy atom. The van der Waals surface area contributed by atoms with Crippen molar-refractivity contribution in [2.75, 3.05) is 44.2 Å². The van der Waals surface area contributed by atoms with E-state index in [1.807, 2.05) is 66.7 Å². The van der Waals surface area contributed by atoms with Crippen LogP contribution in [0.5, 0.6) is 11.5 Å². The van der Waals surface area contributed by atoms with Gasteiger partial charge in [-0.05, 0) is 116 Å². The van der Waals surface area contributed by atoms with Crippen molar-refractivity contribution in [1.29, 1.82) is 0 Å². The molecule has 12 heteroatoms. The van der Waals surface area contributed by atoms with E-state index in [-0.39, 0.29) is 47.8 Å². The topological polar surface area (TPSA) is 167 Å². The lowest BCUT2D eigenvalue weighted by molar-refractivity contribution is 0.0358. The van der Waals surface area contributed by atoms with E-state index < -0.39 is 12.2 Å². The van der Waals surface area contributed by atoms with E-state index in [1.165, 1.54) is 17.0 Å². The first-order valence-corrected chi connectivity index (χ1v) is 18.9. The molecule has 3 aliphatic heterocycles. The van der Waals surface area contributed by atoms with Crippen LogP contribution in [0.25, 0.3) is 10.9 Å². The number of carbonyl (C=O) groups is 2. The average molecular weight is 746 g/mol. The molecule has 0 spiro atoms. The van der Waals surface area contributed by atoms with Crippen molar-refractivity contribution in [3.8, 4) is 11.5 Å². The van der Waals surface area contributed by atoms with Crippen molar-refractivity contribution in [2.24, 2.45) is 11.8 Å². The number of phenolic OH excluding ortho intramolecular Hbond substituents is 1. The second-order valence-corrected chi connectivity index (χ2v) is 14.4. The molecule has 3 fully saturated rings. The normalized spacial score (nSPS) is 18.7. The fraction of sp³-hybridized carbons (Fsp3) is 0.326. The van der Waals surface area contributed by atoms with Crippen LogP contribution in [-0.4, -0.2) is 76.5 Å². The summed E-state index contributed by atoms with van der Waals surface area (Å²) in [5.41, 5.74) is 3.52. The molecule has 1 aromatic heterocycles. The molecule has 2 bridgehead atoms. The molecule has 0 aliphatic carbocycles. The highest BCUT2D eigenvalue weighted by atomic mass is 16.5. The summed E-state index contributed by atoms with van der Waals surface area (Å²) in [6, 6.07) is 30.1. The smallest absolute Gasteiger partial charge is 0.412 e. The Labute approximate surface area is 319 Å². The lowest BCUT2D eigenvalue weighted by atomic mass is 9.73. The molecule has 8 rings (SSSR count). The molecule has 5 aromatic rings. The second-order valence-electron chi connectivity index (χ2n) is 14.4. The van der Waals surface area contributed by atoms with E-state index >= 15 is 0 Å². The van der Waals surface area contributed by atoms with Crippen LogP contribution in [0.3, 0.4) is 0 Å². The van der Waals surface area contributed by atoms with Crippen molar-refractivity contribution in [3.63, 3.8) is 0 Å². The Balaban J connectivity index is 0.908. The van der Waals surface area contributed by atoms with Gasteiger partial charge in [-0.15, -0.1) is 0 Å². The molecule has 0 radical (unpaired) electrons. The molecule has 4 heterocycles. The van der Waals surface area contributed by atoms with Crippen LogP contribution in [0.1, 0.15) is 58.5 Å². The zero-order valence-corrected chi connectivity index (χ0v) is 30.6. The molecule has 2 amide bonds. The SMILES string of the molecule is O=C(NCCCNC[C@H](O)c1ccc(O)c2[nH]c(=O)ccc12)c1ccc(COc2cccc([C@@H](C3CN4CCC3CC4)N(C(=O)O)c3ccccc3)c2)cc1. The summed E-state index contributed by atoms with van der Waals surface area (Å²) in [4.78, 5) is 44.0. The Morgan fingerprint density at radius 1 is 0.927 bits per heavy atom. The number of phenols is 1. The number of hydrogen-bond donors (Lipinski definition) is 6. The third-order valence-electron chi connectivity index (χ3n) is 10.9. The minimum atomic E-state index is -0.975. The molecule has 0 saturated carbocycles. The van der Waals surface area contributed by atoms with Crippen LogP contribution < -0.4 is 25.8 Å². The number of carboxylic acid groups (broad SMARTS) is 1. The van der Waals surface area contributed by atoms with Gasteiger partial charge in [0.05, 0.1) is 17.7 Å². The maximum absolute atomic E-state index is 12.9. The van der Waals surface area contributed by atoms with Crippen LogP contribution in [0.2, 0.25) is 0 Å². The van der Waals surface area contributed by atoms with E-state index in [0.717, 1.165) is 43.6 Å². The highest BCUT2D eigenvalue weighted by molar-refractivity contribution is 5.94. The largest absolute Gasteiger partial charge is 0.506 e. The van der Waals surface area contributed by atoms with Crippen molar-refractivity contribution < 1.29 is 29.6 Å². The van der Waals surface area contributed by atoms with E-state index in [9.17, 15) is 29.7 Å². The molecule has 286 valence electrons. The number of fused-ring (bicyclic) bond motifs is 4. The second kappa shape index (κ2) is 17.2. The number of pyridine rings is 1.